The highest BCUT2D eigenvalue weighted by atomic mass is 32.2. The van der Waals surface area contributed by atoms with Gasteiger partial charge in [-0.25, -0.2) is 4.99 Å². The second-order valence-electron chi connectivity index (χ2n) is 15.3. The Morgan fingerprint density at radius 3 is 2.05 bits per heavy atom. The van der Waals surface area contributed by atoms with Crippen LogP contribution in [0.25, 0.3) is 55.1 Å². The lowest BCUT2D eigenvalue weighted by atomic mass is 9.96. The van der Waals surface area contributed by atoms with Crippen LogP contribution in [0.4, 0.5) is 17.1 Å². The van der Waals surface area contributed by atoms with Crippen molar-refractivity contribution in [3.63, 3.8) is 0 Å². The number of benzene rings is 9. The molecule has 11 rings (SSSR count). The first-order chi connectivity index (χ1) is 29.6. The van der Waals surface area contributed by atoms with Crippen molar-refractivity contribution < 1.29 is 0 Å². The summed E-state index contributed by atoms with van der Waals surface area (Å²) >= 11 is 1.85. The van der Waals surface area contributed by atoms with E-state index in [-0.39, 0.29) is 0 Å². The number of rotatable bonds is 7. The minimum absolute atomic E-state index is 0.720. The predicted octanol–water partition coefficient (Wildman–Crippen LogP) is 15.4. The van der Waals surface area contributed by atoms with Gasteiger partial charge in [0.1, 0.15) is 0 Å². The van der Waals surface area contributed by atoms with E-state index in [0.29, 0.717) is 0 Å². The summed E-state index contributed by atoms with van der Waals surface area (Å²) in [6.07, 6.45) is 0. The van der Waals surface area contributed by atoms with Gasteiger partial charge in [-0.05, 0) is 101 Å². The molecule has 0 amide bonds. The summed E-state index contributed by atoms with van der Waals surface area (Å²) in [7, 11) is 0. The highest BCUT2D eigenvalue weighted by Gasteiger charge is 2.26. The number of hydrogen-bond donors (Lipinski definition) is 0. The second kappa shape index (κ2) is 14.8. The van der Waals surface area contributed by atoms with Gasteiger partial charge in [-0.2, -0.15) is 0 Å². The summed E-state index contributed by atoms with van der Waals surface area (Å²) in [6, 6.07) is 73.9. The lowest BCUT2D eigenvalue weighted by Gasteiger charge is -2.33. The average molecular weight is 786 g/mol. The first kappa shape index (κ1) is 35.7. The van der Waals surface area contributed by atoms with Gasteiger partial charge in [-0.1, -0.05) is 164 Å². The standard InChI is InChI=1S/C56H39N3S/c1-37-16-9-11-22-45(37)56(41-18-5-3-6-19-41)57-38(2)39-28-32-44(33-29-39)59-50-26-15-24-47(55(50)54-46-23-12-10-17-40(46)30-35-51(54)59)42-31-34-49-53(36-42)60-52-27-14-13-25-48(52)58(49)43-20-7-4-8-21-43/h3-36H,2H2,1H3. The van der Waals surface area contributed by atoms with Gasteiger partial charge in [0.05, 0.1) is 33.8 Å². The van der Waals surface area contributed by atoms with Crippen molar-refractivity contribution in [3.8, 4) is 16.8 Å². The van der Waals surface area contributed by atoms with Crippen molar-refractivity contribution in [2.75, 3.05) is 4.90 Å². The van der Waals surface area contributed by atoms with Crippen molar-refractivity contribution >= 4 is 72.8 Å². The zero-order chi connectivity index (χ0) is 40.2. The largest absolute Gasteiger partial charge is 0.309 e. The van der Waals surface area contributed by atoms with Gasteiger partial charge < -0.3 is 9.47 Å². The lowest BCUT2D eigenvalue weighted by Crippen LogP contribution is -2.14. The Labute approximate surface area is 354 Å². The first-order valence-corrected chi connectivity index (χ1v) is 21.1. The number of hydrogen-bond acceptors (Lipinski definition) is 3. The maximum Gasteiger partial charge on any atom is 0.0784 e. The van der Waals surface area contributed by atoms with Crippen LogP contribution in [0.15, 0.2) is 228 Å². The van der Waals surface area contributed by atoms with E-state index in [4.69, 9.17) is 4.99 Å². The topological polar surface area (TPSA) is 20.5 Å². The van der Waals surface area contributed by atoms with E-state index in [1.807, 2.05) is 17.8 Å². The molecule has 10 aromatic rings. The SMILES string of the molecule is C=C(N=C(c1ccccc1)c1ccccc1C)c1ccc(-n2c3cccc(-c4ccc5c(c4)Sc4ccccc4N5c4ccccc4)c3c3c4ccccc4ccc32)cc1. The monoisotopic (exact) mass is 785 g/mol. The zero-order valence-corrected chi connectivity index (χ0v) is 33.9. The summed E-state index contributed by atoms with van der Waals surface area (Å²) in [5.41, 5.74) is 15.3. The van der Waals surface area contributed by atoms with Gasteiger partial charge in [0.25, 0.3) is 0 Å². The third-order valence-electron chi connectivity index (χ3n) is 11.7. The zero-order valence-electron chi connectivity index (χ0n) is 33.1. The molecule has 2 heterocycles. The smallest absolute Gasteiger partial charge is 0.0784 e. The highest BCUT2D eigenvalue weighted by molar-refractivity contribution is 7.99. The van der Waals surface area contributed by atoms with Gasteiger partial charge in [-0.15, -0.1) is 0 Å². The summed E-state index contributed by atoms with van der Waals surface area (Å²) in [5, 5.41) is 4.97. The van der Waals surface area contributed by atoms with E-state index in [1.165, 1.54) is 64.9 Å². The van der Waals surface area contributed by atoms with Crippen LogP contribution in [0.3, 0.4) is 0 Å². The quantitative estimate of drug-likeness (QED) is 0.150. The Kier molecular flexibility index (Phi) is 8.79. The van der Waals surface area contributed by atoms with E-state index in [1.54, 1.807) is 0 Å². The number of anilines is 3. The maximum atomic E-state index is 5.20. The summed E-state index contributed by atoms with van der Waals surface area (Å²) in [4.78, 5) is 10.1. The van der Waals surface area contributed by atoms with Crippen molar-refractivity contribution in [1.82, 2.24) is 4.57 Å². The van der Waals surface area contributed by atoms with E-state index >= 15 is 0 Å². The molecular formula is C56H39N3S. The number of aryl methyl sites for hydroxylation is 1. The number of aromatic nitrogens is 1. The molecule has 0 aliphatic carbocycles. The fourth-order valence-corrected chi connectivity index (χ4v) is 9.94. The van der Waals surface area contributed by atoms with Crippen molar-refractivity contribution in [3.05, 3.63) is 235 Å². The third-order valence-corrected chi connectivity index (χ3v) is 12.8. The van der Waals surface area contributed by atoms with Gasteiger partial charge in [-0.3, -0.25) is 0 Å². The molecular weight excluding hydrogens is 747 g/mol. The molecule has 0 fully saturated rings. The number of para-hydroxylation sites is 2. The molecule has 0 unspecified atom stereocenters. The van der Waals surface area contributed by atoms with Crippen LogP contribution in [0.5, 0.6) is 0 Å². The summed E-state index contributed by atoms with van der Waals surface area (Å²) in [5.74, 6) is 0. The van der Waals surface area contributed by atoms with Crippen LogP contribution in [0, 0.1) is 6.92 Å². The molecule has 0 atom stereocenters. The third kappa shape index (κ3) is 6.04. The minimum Gasteiger partial charge on any atom is -0.309 e. The van der Waals surface area contributed by atoms with Crippen LogP contribution >= 0.6 is 11.8 Å². The Hall–Kier alpha value is -7.40. The molecule has 4 heteroatoms. The molecule has 1 aromatic heterocycles. The molecule has 60 heavy (non-hydrogen) atoms. The van der Waals surface area contributed by atoms with Crippen molar-refractivity contribution in [2.45, 2.75) is 16.7 Å². The molecule has 1 aliphatic rings. The van der Waals surface area contributed by atoms with Crippen LogP contribution in [-0.4, -0.2) is 10.3 Å². The fraction of sp³-hybridized carbons (Fsp3) is 0.0179. The lowest BCUT2D eigenvalue weighted by molar-refractivity contribution is 1.17. The Balaban J connectivity index is 1.05. The normalized spacial score (nSPS) is 12.5. The summed E-state index contributed by atoms with van der Waals surface area (Å²) < 4.78 is 2.42. The first-order valence-electron chi connectivity index (χ1n) is 20.3. The Morgan fingerprint density at radius 2 is 1.22 bits per heavy atom. The Bertz CT molecular complexity index is 3310. The molecule has 0 bridgehead atoms. The Morgan fingerprint density at radius 1 is 0.517 bits per heavy atom. The number of nitrogens with zero attached hydrogens (tertiary/aromatic N) is 3. The van der Waals surface area contributed by atoms with E-state index in [9.17, 15) is 0 Å². The molecule has 0 saturated carbocycles. The van der Waals surface area contributed by atoms with Gasteiger partial charge in [0.15, 0.2) is 0 Å². The van der Waals surface area contributed by atoms with Crippen LogP contribution in [-0.2, 0) is 0 Å². The maximum absolute atomic E-state index is 5.20. The van der Waals surface area contributed by atoms with E-state index in [2.05, 4.69) is 223 Å². The van der Waals surface area contributed by atoms with Crippen LogP contribution in [0.1, 0.15) is 22.3 Å². The van der Waals surface area contributed by atoms with Crippen LogP contribution < -0.4 is 4.90 Å². The fourth-order valence-electron chi connectivity index (χ4n) is 8.84. The highest BCUT2D eigenvalue weighted by Crippen LogP contribution is 2.53. The molecule has 1 aliphatic heterocycles. The molecule has 284 valence electrons. The van der Waals surface area contributed by atoms with E-state index < -0.39 is 0 Å². The van der Waals surface area contributed by atoms with Gasteiger partial charge in [0.2, 0.25) is 0 Å². The molecule has 0 N–H and O–H groups in total. The van der Waals surface area contributed by atoms with Crippen molar-refractivity contribution in [1.29, 1.82) is 0 Å². The van der Waals surface area contributed by atoms with Crippen LogP contribution in [0.2, 0.25) is 0 Å². The predicted molar refractivity (Wildman–Crippen MR) is 255 cm³/mol. The molecule has 0 spiro atoms. The number of aliphatic imine (C=N–C) groups is 1. The average Bonchev–Trinajstić information content (AvgIpc) is 3.66. The van der Waals surface area contributed by atoms with Crippen molar-refractivity contribution in [2.24, 2.45) is 4.99 Å². The van der Waals surface area contributed by atoms with Gasteiger partial charge >= 0.3 is 0 Å². The number of fused-ring (bicyclic) bond motifs is 7. The molecule has 0 radical (unpaired) electrons. The molecule has 3 nitrogen and oxygen atoms in total. The second-order valence-corrected chi connectivity index (χ2v) is 16.4. The minimum atomic E-state index is 0.720. The van der Waals surface area contributed by atoms with Gasteiger partial charge in [0, 0.05) is 43.1 Å². The molecule has 0 saturated heterocycles. The summed E-state index contributed by atoms with van der Waals surface area (Å²) in [6.45, 7) is 6.62. The molecule has 9 aromatic carbocycles. The van der Waals surface area contributed by atoms with E-state index in [0.717, 1.165) is 45.0 Å².